The van der Waals surface area contributed by atoms with E-state index in [0.717, 1.165) is 18.0 Å². The van der Waals surface area contributed by atoms with Crippen molar-refractivity contribution >= 4 is 23.5 Å². The normalized spacial score (nSPS) is 10.6. The minimum absolute atomic E-state index is 0.218. The summed E-state index contributed by atoms with van der Waals surface area (Å²) >= 11 is 1.74. The zero-order valence-electron chi connectivity index (χ0n) is 10.4. The van der Waals surface area contributed by atoms with E-state index in [4.69, 9.17) is 5.11 Å². The first-order valence-electron chi connectivity index (χ1n) is 5.52. The van der Waals surface area contributed by atoms with Gasteiger partial charge in [-0.15, -0.1) is 0 Å². The molecule has 0 fully saturated rings. The summed E-state index contributed by atoms with van der Waals surface area (Å²) < 4.78 is 0. The number of carboxylic acid groups (broad SMARTS) is 1. The van der Waals surface area contributed by atoms with E-state index in [-0.39, 0.29) is 11.5 Å². The maximum atomic E-state index is 11.0. The Morgan fingerprint density at radius 2 is 2.24 bits per heavy atom. The molecule has 17 heavy (non-hydrogen) atoms. The Hall–Kier alpha value is -1.23. The Balaban J connectivity index is 2.91. The summed E-state index contributed by atoms with van der Waals surface area (Å²) in [5, 5.41) is 12.2. The second kappa shape index (κ2) is 6.49. The number of aromatic nitrogens is 1. The summed E-state index contributed by atoms with van der Waals surface area (Å²) in [7, 11) is 0. The molecule has 0 atom stereocenters. The predicted molar refractivity (Wildman–Crippen MR) is 72.2 cm³/mol. The van der Waals surface area contributed by atoms with Crippen molar-refractivity contribution in [3.63, 3.8) is 0 Å². The Labute approximate surface area is 106 Å². The lowest BCUT2D eigenvalue weighted by atomic mass is 10.1. The molecule has 1 rings (SSSR count). The molecule has 1 aromatic rings. The van der Waals surface area contributed by atoms with E-state index in [1.54, 1.807) is 23.9 Å². The summed E-state index contributed by atoms with van der Waals surface area (Å²) in [4.78, 5) is 15.4. The van der Waals surface area contributed by atoms with Gasteiger partial charge in [0.25, 0.3) is 0 Å². The molecule has 0 aromatic carbocycles. The number of thioether (sulfide) groups is 1. The van der Waals surface area contributed by atoms with Gasteiger partial charge in [0.2, 0.25) is 0 Å². The molecule has 0 aliphatic heterocycles. The molecular weight excluding hydrogens is 236 g/mol. The number of hydrogen-bond donors (Lipinski definition) is 2. The molecule has 0 saturated carbocycles. The molecular formula is C12H18N2O2S. The Bertz CT molecular complexity index is 394. The lowest BCUT2D eigenvalue weighted by Crippen LogP contribution is -2.09. The highest BCUT2D eigenvalue weighted by atomic mass is 32.2. The molecule has 0 saturated heterocycles. The number of rotatable bonds is 6. The quantitative estimate of drug-likeness (QED) is 0.764. The van der Waals surface area contributed by atoms with Gasteiger partial charge in [-0.05, 0) is 24.3 Å². The summed E-state index contributed by atoms with van der Waals surface area (Å²) in [6.45, 7) is 4.79. The van der Waals surface area contributed by atoms with Gasteiger partial charge in [0.1, 0.15) is 5.82 Å². The molecule has 4 nitrogen and oxygen atoms in total. The monoisotopic (exact) mass is 254 g/mol. The molecule has 0 unspecified atom stereocenters. The van der Waals surface area contributed by atoms with Gasteiger partial charge in [0.15, 0.2) is 0 Å². The van der Waals surface area contributed by atoms with Gasteiger partial charge in [-0.25, -0.2) is 9.78 Å². The van der Waals surface area contributed by atoms with Crippen LogP contribution in [0, 0.1) is 0 Å². The van der Waals surface area contributed by atoms with E-state index in [9.17, 15) is 4.79 Å². The van der Waals surface area contributed by atoms with Crippen molar-refractivity contribution in [2.45, 2.75) is 19.8 Å². The predicted octanol–water partition coefficient (Wildman–Crippen LogP) is 2.68. The van der Waals surface area contributed by atoms with Crippen LogP contribution in [0.4, 0.5) is 5.82 Å². The Kier molecular flexibility index (Phi) is 5.28. The van der Waals surface area contributed by atoms with Crippen molar-refractivity contribution in [1.82, 2.24) is 4.98 Å². The van der Waals surface area contributed by atoms with Crippen LogP contribution < -0.4 is 5.32 Å². The topological polar surface area (TPSA) is 62.2 Å². The molecule has 94 valence electrons. The van der Waals surface area contributed by atoms with Gasteiger partial charge in [-0.1, -0.05) is 13.8 Å². The molecule has 1 aromatic heterocycles. The first kappa shape index (κ1) is 13.8. The molecule has 0 aliphatic carbocycles. The highest BCUT2D eigenvalue weighted by molar-refractivity contribution is 7.98. The Morgan fingerprint density at radius 1 is 1.53 bits per heavy atom. The zero-order chi connectivity index (χ0) is 12.8. The van der Waals surface area contributed by atoms with Crippen LogP contribution in [-0.2, 0) is 0 Å². The third-order valence-corrected chi connectivity index (χ3v) is 2.91. The van der Waals surface area contributed by atoms with Crippen molar-refractivity contribution in [2.75, 3.05) is 23.9 Å². The van der Waals surface area contributed by atoms with Crippen LogP contribution in [0.2, 0.25) is 0 Å². The van der Waals surface area contributed by atoms with Crippen molar-refractivity contribution in [1.29, 1.82) is 0 Å². The number of nitrogens with zero attached hydrogens (tertiary/aromatic N) is 1. The molecule has 0 amide bonds. The van der Waals surface area contributed by atoms with Gasteiger partial charge in [-0.3, -0.25) is 0 Å². The highest BCUT2D eigenvalue weighted by Gasteiger charge is 2.10. The second-order valence-corrected chi connectivity index (χ2v) is 5.03. The van der Waals surface area contributed by atoms with Crippen LogP contribution in [-0.4, -0.2) is 34.6 Å². The fourth-order valence-electron chi connectivity index (χ4n) is 1.34. The highest BCUT2D eigenvalue weighted by Crippen LogP contribution is 2.17. The largest absolute Gasteiger partial charge is 0.478 e. The molecule has 1 heterocycles. The smallest absolute Gasteiger partial charge is 0.335 e. The van der Waals surface area contributed by atoms with Crippen LogP contribution in [0.25, 0.3) is 0 Å². The van der Waals surface area contributed by atoms with Gasteiger partial charge < -0.3 is 10.4 Å². The standard InChI is InChI=1S/C12H18N2O2S/c1-8(2)10-6-9(12(15)16)7-11(14-10)13-4-5-17-3/h6-8H,4-5H2,1-3H3,(H,13,14)(H,15,16). The number of nitrogens with one attached hydrogen (secondary N) is 1. The van der Waals surface area contributed by atoms with Gasteiger partial charge in [-0.2, -0.15) is 11.8 Å². The van der Waals surface area contributed by atoms with Crippen LogP contribution in [0.1, 0.15) is 35.8 Å². The van der Waals surface area contributed by atoms with Crippen LogP contribution >= 0.6 is 11.8 Å². The Morgan fingerprint density at radius 3 is 2.76 bits per heavy atom. The minimum Gasteiger partial charge on any atom is -0.478 e. The molecule has 5 heteroatoms. The maximum absolute atomic E-state index is 11.0. The lowest BCUT2D eigenvalue weighted by Gasteiger charge is -2.10. The molecule has 0 aliphatic rings. The minimum atomic E-state index is -0.915. The molecule has 0 bridgehead atoms. The third-order valence-electron chi connectivity index (χ3n) is 2.30. The number of aromatic carboxylic acids is 1. The van der Waals surface area contributed by atoms with E-state index in [1.807, 2.05) is 20.1 Å². The summed E-state index contributed by atoms with van der Waals surface area (Å²) in [5.41, 5.74) is 1.09. The first-order chi connectivity index (χ1) is 8.04. The number of anilines is 1. The fraction of sp³-hybridized carbons (Fsp3) is 0.500. The number of carbonyl (C=O) groups is 1. The number of hydrogen-bond acceptors (Lipinski definition) is 4. The average Bonchev–Trinajstić information content (AvgIpc) is 2.29. The molecule has 0 spiro atoms. The van der Waals surface area contributed by atoms with Crippen molar-refractivity contribution < 1.29 is 9.90 Å². The molecule has 0 radical (unpaired) electrons. The van der Waals surface area contributed by atoms with E-state index < -0.39 is 5.97 Å². The lowest BCUT2D eigenvalue weighted by molar-refractivity contribution is 0.0696. The zero-order valence-corrected chi connectivity index (χ0v) is 11.2. The van der Waals surface area contributed by atoms with Crippen LogP contribution in [0.3, 0.4) is 0 Å². The summed E-state index contributed by atoms with van der Waals surface area (Å²) in [6.07, 6.45) is 2.03. The van der Waals surface area contributed by atoms with Crippen molar-refractivity contribution in [3.05, 3.63) is 23.4 Å². The first-order valence-corrected chi connectivity index (χ1v) is 6.92. The van der Waals surface area contributed by atoms with E-state index in [2.05, 4.69) is 10.3 Å². The number of carboxylic acids is 1. The summed E-state index contributed by atoms with van der Waals surface area (Å²) in [6, 6.07) is 3.21. The van der Waals surface area contributed by atoms with Crippen LogP contribution in [0.5, 0.6) is 0 Å². The van der Waals surface area contributed by atoms with E-state index in [1.165, 1.54) is 0 Å². The second-order valence-electron chi connectivity index (χ2n) is 4.05. The van der Waals surface area contributed by atoms with Crippen molar-refractivity contribution in [2.24, 2.45) is 0 Å². The SMILES string of the molecule is CSCCNc1cc(C(=O)O)cc(C(C)C)n1. The molecule has 2 N–H and O–H groups in total. The maximum Gasteiger partial charge on any atom is 0.335 e. The van der Waals surface area contributed by atoms with Crippen LogP contribution in [0.15, 0.2) is 12.1 Å². The summed E-state index contributed by atoms with van der Waals surface area (Å²) in [5.74, 6) is 0.913. The fourth-order valence-corrected chi connectivity index (χ4v) is 1.65. The van der Waals surface area contributed by atoms with E-state index >= 15 is 0 Å². The third kappa shape index (κ3) is 4.26. The average molecular weight is 254 g/mol. The van der Waals surface area contributed by atoms with E-state index in [0.29, 0.717) is 5.82 Å². The van der Waals surface area contributed by atoms with Gasteiger partial charge in [0.05, 0.1) is 5.56 Å². The van der Waals surface area contributed by atoms with Gasteiger partial charge >= 0.3 is 5.97 Å². The number of pyridine rings is 1. The van der Waals surface area contributed by atoms with Crippen molar-refractivity contribution in [3.8, 4) is 0 Å². The van der Waals surface area contributed by atoms with Gasteiger partial charge in [0, 0.05) is 18.0 Å².